The monoisotopic (exact) mass is 434 g/mol. The molecule has 0 aliphatic rings. The quantitative estimate of drug-likeness (QED) is 0.299. The fraction of sp³-hybridized carbons (Fsp3) is 0.381. The maximum absolute atomic E-state index is 12.3. The van der Waals surface area contributed by atoms with Gasteiger partial charge in [-0.3, -0.25) is 0 Å². The molecule has 0 spiro atoms. The smallest absolute Gasteiger partial charge is 0.338 e. The van der Waals surface area contributed by atoms with Crippen LogP contribution in [0.25, 0.3) is 0 Å². The summed E-state index contributed by atoms with van der Waals surface area (Å²) in [4.78, 5) is 12.3. The molecule has 0 fully saturated rings. The molecule has 27 heavy (non-hydrogen) atoms. The Balaban J connectivity index is 1.96. The third-order valence-electron chi connectivity index (χ3n) is 4.38. The van der Waals surface area contributed by atoms with Crippen LogP contribution in [0.3, 0.4) is 0 Å². The van der Waals surface area contributed by atoms with Crippen molar-refractivity contribution in [2.45, 2.75) is 39.3 Å². The predicted octanol–water partition coefficient (Wildman–Crippen LogP) is 3.95. The van der Waals surface area contributed by atoms with E-state index < -0.39 is 0 Å². The van der Waals surface area contributed by atoms with Gasteiger partial charge in [0.15, 0.2) is 0 Å². The number of aliphatic hydroxyl groups excluding tert-OH is 1. The number of nitrogens with two attached hydrogens (primary N) is 1. The molecule has 4 N–H and O–H groups in total. The molecule has 2 aromatic carbocycles. The third kappa shape index (κ3) is 6.65. The van der Waals surface area contributed by atoms with Crippen molar-refractivity contribution in [1.82, 2.24) is 5.32 Å². The lowest BCUT2D eigenvalue weighted by Gasteiger charge is -2.13. The minimum atomic E-state index is -0.361. The molecule has 0 aliphatic carbocycles. The number of benzene rings is 2. The van der Waals surface area contributed by atoms with Crippen LogP contribution < -0.4 is 11.1 Å². The normalized spacial score (nSPS) is 10.8. The van der Waals surface area contributed by atoms with E-state index in [4.69, 9.17) is 15.6 Å². The molecule has 0 saturated carbocycles. The number of halogens is 1. The molecule has 6 heteroatoms. The molecule has 0 aromatic heterocycles. The number of carbonyl (C=O) groups excluding carboxylic acids is 1. The van der Waals surface area contributed by atoms with Crippen LogP contribution in [0.2, 0.25) is 0 Å². The molecule has 2 rings (SSSR count). The minimum absolute atomic E-state index is 0.164. The first-order valence-corrected chi connectivity index (χ1v) is 9.93. The van der Waals surface area contributed by atoms with Crippen molar-refractivity contribution in [3.63, 3.8) is 0 Å². The maximum atomic E-state index is 12.3. The van der Waals surface area contributed by atoms with Gasteiger partial charge in [0, 0.05) is 24.2 Å². The lowest BCUT2D eigenvalue weighted by Crippen LogP contribution is -2.16. The van der Waals surface area contributed by atoms with E-state index in [0.29, 0.717) is 28.9 Å². The van der Waals surface area contributed by atoms with Crippen molar-refractivity contribution in [2.75, 3.05) is 18.9 Å². The molecule has 0 radical (unpaired) electrons. The topological polar surface area (TPSA) is 84.6 Å². The number of nitrogen functional groups attached to an aromatic ring is 1. The summed E-state index contributed by atoms with van der Waals surface area (Å²) in [5.41, 5.74) is 10.6. The molecule has 2 aromatic rings. The van der Waals surface area contributed by atoms with E-state index in [-0.39, 0.29) is 12.6 Å². The van der Waals surface area contributed by atoms with Crippen LogP contribution >= 0.6 is 15.9 Å². The summed E-state index contributed by atoms with van der Waals surface area (Å²) in [5.74, 6) is -0.361. The first-order chi connectivity index (χ1) is 13.0. The number of nitrogens with one attached hydrogen (secondary N) is 1. The summed E-state index contributed by atoms with van der Waals surface area (Å²) in [6.07, 6.45) is 2.30. The molecule has 0 saturated heterocycles. The average Bonchev–Trinajstić information content (AvgIpc) is 2.66. The van der Waals surface area contributed by atoms with Gasteiger partial charge in [-0.25, -0.2) is 4.79 Å². The Morgan fingerprint density at radius 2 is 1.89 bits per heavy atom. The van der Waals surface area contributed by atoms with E-state index >= 15 is 0 Å². The van der Waals surface area contributed by atoms with Gasteiger partial charge in [-0.2, -0.15) is 0 Å². The largest absolute Gasteiger partial charge is 0.462 e. The Morgan fingerprint density at radius 1 is 1.15 bits per heavy atom. The highest BCUT2D eigenvalue weighted by atomic mass is 79.9. The Bertz CT molecular complexity index is 765. The third-order valence-corrected chi connectivity index (χ3v) is 5.03. The Morgan fingerprint density at radius 3 is 2.63 bits per heavy atom. The van der Waals surface area contributed by atoms with Crippen LogP contribution in [-0.4, -0.2) is 24.3 Å². The molecule has 146 valence electrons. The second-order valence-electron chi connectivity index (χ2n) is 6.48. The molecule has 0 aliphatic heterocycles. The molecule has 0 bridgehead atoms. The van der Waals surface area contributed by atoms with Crippen LogP contribution in [0, 0.1) is 6.92 Å². The zero-order valence-corrected chi connectivity index (χ0v) is 17.2. The zero-order valence-electron chi connectivity index (χ0n) is 15.6. The van der Waals surface area contributed by atoms with Gasteiger partial charge < -0.3 is 20.9 Å². The standard InChI is InChI=1S/C21H27BrN2O3/c1-15-7-3-4-8-16(15)13-24-14-18-11-17(12-19(22)20(18)23)21(26)27-10-6-2-5-9-25/h3-4,7-8,11-12,24-25H,2,5-6,9-10,13-14,23H2,1H3. The summed E-state index contributed by atoms with van der Waals surface area (Å²) >= 11 is 3.43. The minimum Gasteiger partial charge on any atom is -0.462 e. The maximum Gasteiger partial charge on any atom is 0.338 e. The van der Waals surface area contributed by atoms with Crippen molar-refractivity contribution in [1.29, 1.82) is 0 Å². The number of anilines is 1. The number of carbonyl (C=O) groups is 1. The first-order valence-electron chi connectivity index (χ1n) is 9.14. The number of hydrogen-bond donors (Lipinski definition) is 3. The fourth-order valence-corrected chi connectivity index (χ4v) is 3.22. The highest BCUT2D eigenvalue weighted by Crippen LogP contribution is 2.26. The molecule has 0 heterocycles. The van der Waals surface area contributed by atoms with Crippen LogP contribution in [-0.2, 0) is 17.8 Å². The summed E-state index contributed by atoms with van der Waals surface area (Å²) in [6, 6.07) is 11.7. The number of rotatable bonds is 10. The Kier molecular flexibility index (Phi) is 8.78. The van der Waals surface area contributed by atoms with Crippen molar-refractivity contribution < 1.29 is 14.6 Å². The summed E-state index contributed by atoms with van der Waals surface area (Å²) in [5, 5.41) is 12.2. The lowest BCUT2D eigenvalue weighted by atomic mass is 10.1. The number of ether oxygens (including phenoxy) is 1. The predicted molar refractivity (Wildman–Crippen MR) is 111 cm³/mol. The lowest BCUT2D eigenvalue weighted by molar-refractivity contribution is 0.0496. The molecule has 0 atom stereocenters. The van der Waals surface area contributed by atoms with Crippen LogP contribution in [0.1, 0.15) is 46.3 Å². The van der Waals surface area contributed by atoms with Gasteiger partial charge in [0.05, 0.1) is 17.9 Å². The summed E-state index contributed by atoms with van der Waals surface area (Å²) in [7, 11) is 0. The zero-order chi connectivity index (χ0) is 19.6. The average molecular weight is 435 g/mol. The van der Waals surface area contributed by atoms with Crippen molar-refractivity contribution in [2.24, 2.45) is 0 Å². The van der Waals surface area contributed by atoms with Crippen LogP contribution in [0.15, 0.2) is 40.9 Å². The van der Waals surface area contributed by atoms with Gasteiger partial charge >= 0.3 is 5.97 Å². The van der Waals surface area contributed by atoms with Gasteiger partial charge in [0.1, 0.15) is 0 Å². The van der Waals surface area contributed by atoms with Crippen LogP contribution in [0.4, 0.5) is 5.69 Å². The number of unbranched alkanes of at least 4 members (excludes halogenated alkanes) is 2. The molecule has 5 nitrogen and oxygen atoms in total. The molecular formula is C21H27BrN2O3. The number of esters is 1. The SMILES string of the molecule is Cc1ccccc1CNCc1cc(C(=O)OCCCCCO)cc(Br)c1N. The van der Waals surface area contributed by atoms with E-state index in [1.807, 2.05) is 12.1 Å². The van der Waals surface area contributed by atoms with Gasteiger partial charge in [-0.1, -0.05) is 24.3 Å². The van der Waals surface area contributed by atoms with Gasteiger partial charge in [0.2, 0.25) is 0 Å². The summed E-state index contributed by atoms with van der Waals surface area (Å²) in [6.45, 7) is 3.87. The highest BCUT2D eigenvalue weighted by molar-refractivity contribution is 9.10. The van der Waals surface area contributed by atoms with E-state index in [0.717, 1.165) is 31.4 Å². The van der Waals surface area contributed by atoms with E-state index in [2.05, 4.69) is 40.3 Å². The molecular weight excluding hydrogens is 408 g/mol. The Labute approximate surface area is 169 Å². The number of aryl methyl sites for hydroxylation is 1. The van der Waals surface area contributed by atoms with E-state index in [1.54, 1.807) is 12.1 Å². The van der Waals surface area contributed by atoms with Crippen LogP contribution in [0.5, 0.6) is 0 Å². The Hall–Kier alpha value is -1.89. The van der Waals surface area contributed by atoms with E-state index in [9.17, 15) is 4.79 Å². The second kappa shape index (κ2) is 11.1. The number of hydrogen-bond acceptors (Lipinski definition) is 5. The fourth-order valence-electron chi connectivity index (χ4n) is 2.72. The van der Waals surface area contributed by atoms with Gasteiger partial charge in [-0.15, -0.1) is 0 Å². The van der Waals surface area contributed by atoms with Crippen molar-refractivity contribution in [3.8, 4) is 0 Å². The molecule has 0 unspecified atom stereocenters. The summed E-state index contributed by atoms with van der Waals surface area (Å²) < 4.78 is 6.00. The molecule has 0 amide bonds. The highest BCUT2D eigenvalue weighted by Gasteiger charge is 2.13. The number of aliphatic hydroxyl groups is 1. The second-order valence-corrected chi connectivity index (χ2v) is 7.34. The first kappa shape index (κ1) is 21.4. The van der Waals surface area contributed by atoms with E-state index in [1.165, 1.54) is 11.1 Å². The van der Waals surface area contributed by atoms with Crippen molar-refractivity contribution in [3.05, 3.63) is 63.1 Å². The van der Waals surface area contributed by atoms with Gasteiger partial charge in [-0.05, 0) is 70.9 Å². The van der Waals surface area contributed by atoms with Gasteiger partial charge in [0.25, 0.3) is 0 Å². The van der Waals surface area contributed by atoms with Crippen molar-refractivity contribution >= 4 is 27.6 Å².